The van der Waals surface area contributed by atoms with Crippen LogP contribution < -0.4 is 0 Å². The van der Waals surface area contributed by atoms with Gasteiger partial charge in [-0.1, -0.05) is 43.3 Å². The third kappa shape index (κ3) is 3.95. The summed E-state index contributed by atoms with van der Waals surface area (Å²) in [6.07, 6.45) is 5.36. The van der Waals surface area contributed by atoms with Gasteiger partial charge >= 0.3 is 0 Å². The second-order valence-electron chi connectivity index (χ2n) is 5.31. The molecule has 0 N–H and O–H groups in total. The molecule has 0 unspecified atom stereocenters. The number of amides is 1. The second kappa shape index (κ2) is 6.55. The summed E-state index contributed by atoms with van der Waals surface area (Å²) in [5.41, 5.74) is 2.48. The molecule has 0 bridgehead atoms. The third-order valence-corrected chi connectivity index (χ3v) is 3.58. The molecule has 1 saturated carbocycles. The number of carbonyl (C=O) groups is 1. The van der Waals surface area contributed by atoms with Gasteiger partial charge < -0.3 is 4.90 Å². The van der Waals surface area contributed by atoms with Gasteiger partial charge in [0.1, 0.15) is 0 Å². The standard InChI is InChI=1S/C17H23NO/c1-3-12-18(17(19)16-9-10-16)13-11-14(2)15-7-5-4-6-8-15/h4-8,11,16H,3,9-10,12-13H2,1-2H3. The van der Waals surface area contributed by atoms with E-state index in [-0.39, 0.29) is 0 Å². The van der Waals surface area contributed by atoms with Crippen LogP contribution in [0.1, 0.15) is 38.7 Å². The van der Waals surface area contributed by atoms with Crippen LogP contribution in [-0.2, 0) is 4.79 Å². The molecule has 2 rings (SSSR count). The SMILES string of the molecule is CCCN(CC=C(C)c1ccccc1)C(=O)C1CC1. The van der Waals surface area contributed by atoms with Crippen molar-refractivity contribution in [1.29, 1.82) is 0 Å². The lowest BCUT2D eigenvalue weighted by molar-refractivity contribution is -0.132. The number of rotatable bonds is 6. The minimum absolute atomic E-state index is 0.317. The molecule has 1 aliphatic carbocycles. The summed E-state index contributed by atoms with van der Waals surface area (Å²) < 4.78 is 0. The predicted molar refractivity (Wildman–Crippen MR) is 79.7 cm³/mol. The van der Waals surface area contributed by atoms with Crippen molar-refractivity contribution in [2.45, 2.75) is 33.1 Å². The second-order valence-corrected chi connectivity index (χ2v) is 5.31. The molecule has 0 spiro atoms. The molecule has 1 aromatic rings. The molecule has 0 radical (unpaired) electrons. The van der Waals surface area contributed by atoms with Gasteiger partial charge in [0.2, 0.25) is 5.91 Å². The van der Waals surface area contributed by atoms with Crippen molar-refractivity contribution in [3.8, 4) is 0 Å². The molecule has 2 nitrogen and oxygen atoms in total. The molecule has 0 heterocycles. The van der Waals surface area contributed by atoms with E-state index in [1.165, 1.54) is 11.1 Å². The average molecular weight is 257 g/mol. The van der Waals surface area contributed by atoms with Gasteiger partial charge in [-0.2, -0.15) is 0 Å². The zero-order chi connectivity index (χ0) is 13.7. The van der Waals surface area contributed by atoms with Gasteiger partial charge in [-0.25, -0.2) is 0 Å². The van der Waals surface area contributed by atoms with E-state index >= 15 is 0 Å². The fourth-order valence-electron chi connectivity index (χ4n) is 2.22. The maximum Gasteiger partial charge on any atom is 0.225 e. The average Bonchev–Trinajstić information content (AvgIpc) is 3.28. The monoisotopic (exact) mass is 257 g/mol. The summed E-state index contributed by atoms with van der Waals surface area (Å²) in [5, 5.41) is 0. The van der Waals surface area contributed by atoms with Gasteiger partial charge in [-0.15, -0.1) is 0 Å². The molecule has 0 aromatic heterocycles. The number of benzene rings is 1. The lowest BCUT2D eigenvalue weighted by Crippen LogP contribution is -2.33. The van der Waals surface area contributed by atoms with Crippen molar-refractivity contribution < 1.29 is 4.79 Å². The van der Waals surface area contributed by atoms with Crippen molar-refractivity contribution in [1.82, 2.24) is 4.90 Å². The quantitative estimate of drug-likeness (QED) is 0.760. The van der Waals surface area contributed by atoms with Crippen LogP contribution in [0.15, 0.2) is 36.4 Å². The van der Waals surface area contributed by atoms with Gasteiger partial charge in [-0.3, -0.25) is 4.79 Å². The number of carbonyl (C=O) groups excluding carboxylic acids is 1. The van der Waals surface area contributed by atoms with Crippen molar-refractivity contribution in [2.75, 3.05) is 13.1 Å². The van der Waals surface area contributed by atoms with Gasteiger partial charge in [0.15, 0.2) is 0 Å². The number of nitrogens with zero attached hydrogens (tertiary/aromatic N) is 1. The van der Waals surface area contributed by atoms with Gasteiger partial charge in [0.05, 0.1) is 0 Å². The normalized spacial score (nSPS) is 15.4. The zero-order valence-electron chi connectivity index (χ0n) is 11.9. The molecule has 0 atom stereocenters. The first-order valence-electron chi connectivity index (χ1n) is 7.23. The van der Waals surface area contributed by atoms with Crippen LogP contribution >= 0.6 is 0 Å². The molecule has 102 valence electrons. The summed E-state index contributed by atoms with van der Waals surface area (Å²) in [6.45, 7) is 5.85. The van der Waals surface area contributed by atoms with Crippen LogP contribution in [0, 0.1) is 5.92 Å². The van der Waals surface area contributed by atoms with Crippen LogP contribution in [0.4, 0.5) is 0 Å². The number of hydrogen-bond acceptors (Lipinski definition) is 1. The van der Waals surface area contributed by atoms with Gasteiger partial charge in [0, 0.05) is 19.0 Å². The van der Waals surface area contributed by atoms with Crippen LogP contribution in [0.2, 0.25) is 0 Å². The van der Waals surface area contributed by atoms with E-state index in [0.29, 0.717) is 11.8 Å². The highest BCUT2D eigenvalue weighted by Gasteiger charge is 2.32. The fourth-order valence-corrected chi connectivity index (χ4v) is 2.22. The summed E-state index contributed by atoms with van der Waals surface area (Å²) in [4.78, 5) is 14.1. The predicted octanol–water partition coefficient (Wildman–Crippen LogP) is 3.74. The molecule has 19 heavy (non-hydrogen) atoms. The van der Waals surface area contributed by atoms with Gasteiger partial charge in [0.25, 0.3) is 0 Å². The third-order valence-electron chi connectivity index (χ3n) is 3.58. The maximum absolute atomic E-state index is 12.1. The van der Waals surface area contributed by atoms with Crippen molar-refractivity contribution in [3.63, 3.8) is 0 Å². The van der Waals surface area contributed by atoms with E-state index in [0.717, 1.165) is 32.4 Å². The highest BCUT2D eigenvalue weighted by molar-refractivity contribution is 5.81. The summed E-state index contributed by atoms with van der Waals surface area (Å²) in [6, 6.07) is 10.3. The van der Waals surface area contributed by atoms with E-state index in [1.54, 1.807) is 0 Å². The number of allylic oxidation sites excluding steroid dienone is 1. The Hall–Kier alpha value is -1.57. The largest absolute Gasteiger partial charge is 0.339 e. The molecule has 1 aromatic carbocycles. The Balaban J connectivity index is 1.99. The first-order valence-corrected chi connectivity index (χ1v) is 7.23. The summed E-state index contributed by atoms with van der Waals surface area (Å²) in [5.74, 6) is 0.663. The molecular formula is C17H23NO. The molecule has 1 amide bonds. The molecule has 0 saturated heterocycles. The minimum atomic E-state index is 0.317. The lowest BCUT2D eigenvalue weighted by Gasteiger charge is -2.20. The Morgan fingerprint density at radius 2 is 2.00 bits per heavy atom. The van der Waals surface area contributed by atoms with E-state index in [2.05, 4.69) is 32.1 Å². The molecule has 2 heteroatoms. The van der Waals surface area contributed by atoms with E-state index < -0.39 is 0 Å². The first kappa shape index (κ1) is 13.9. The summed E-state index contributed by atoms with van der Waals surface area (Å²) in [7, 11) is 0. The highest BCUT2D eigenvalue weighted by atomic mass is 16.2. The van der Waals surface area contributed by atoms with Crippen LogP contribution in [0.25, 0.3) is 5.57 Å². The Morgan fingerprint density at radius 3 is 2.58 bits per heavy atom. The van der Waals surface area contributed by atoms with Crippen LogP contribution in [-0.4, -0.2) is 23.9 Å². The Bertz CT molecular complexity index is 446. The topological polar surface area (TPSA) is 20.3 Å². The van der Waals surface area contributed by atoms with Gasteiger partial charge in [-0.05, 0) is 37.3 Å². The molecule has 1 fully saturated rings. The molecule has 1 aliphatic rings. The Morgan fingerprint density at radius 1 is 1.32 bits per heavy atom. The zero-order valence-corrected chi connectivity index (χ0v) is 11.9. The Labute approximate surface area is 116 Å². The van der Waals surface area contributed by atoms with E-state index in [9.17, 15) is 4.79 Å². The summed E-state index contributed by atoms with van der Waals surface area (Å²) >= 11 is 0. The first-order chi connectivity index (χ1) is 9.22. The molecular weight excluding hydrogens is 234 g/mol. The highest BCUT2D eigenvalue weighted by Crippen LogP contribution is 2.31. The minimum Gasteiger partial charge on any atom is -0.339 e. The lowest BCUT2D eigenvalue weighted by atomic mass is 10.1. The Kier molecular flexibility index (Phi) is 4.78. The van der Waals surface area contributed by atoms with Crippen molar-refractivity contribution >= 4 is 11.5 Å². The van der Waals surface area contributed by atoms with Crippen molar-refractivity contribution in [2.24, 2.45) is 5.92 Å². The molecule has 0 aliphatic heterocycles. The van der Waals surface area contributed by atoms with Crippen LogP contribution in [0.3, 0.4) is 0 Å². The number of hydrogen-bond donors (Lipinski definition) is 0. The maximum atomic E-state index is 12.1. The van der Waals surface area contributed by atoms with Crippen LogP contribution in [0.5, 0.6) is 0 Å². The fraction of sp³-hybridized carbons (Fsp3) is 0.471. The van der Waals surface area contributed by atoms with Crippen molar-refractivity contribution in [3.05, 3.63) is 42.0 Å². The smallest absolute Gasteiger partial charge is 0.225 e. The van der Waals surface area contributed by atoms with E-state index in [4.69, 9.17) is 0 Å². The van der Waals surface area contributed by atoms with E-state index in [1.807, 2.05) is 23.1 Å².